The second-order valence-electron chi connectivity index (χ2n) is 4.62. The SMILES string of the molecule is CN(Cc1nccn1C)C(=O)C(C#N)c1ccccc1. The van der Waals surface area contributed by atoms with Gasteiger partial charge in [-0.2, -0.15) is 5.26 Å². The number of aromatic nitrogens is 2. The molecule has 0 aliphatic heterocycles. The molecule has 0 radical (unpaired) electrons. The van der Waals surface area contributed by atoms with Crippen LogP contribution in [0.25, 0.3) is 0 Å². The van der Waals surface area contributed by atoms with Gasteiger partial charge in [-0.1, -0.05) is 30.3 Å². The number of amides is 1. The summed E-state index contributed by atoms with van der Waals surface area (Å²) in [4.78, 5) is 18.1. The number of nitriles is 1. The van der Waals surface area contributed by atoms with Crippen LogP contribution in [0.2, 0.25) is 0 Å². The first-order valence-corrected chi connectivity index (χ1v) is 6.29. The lowest BCUT2D eigenvalue weighted by molar-refractivity contribution is -0.130. The number of likely N-dealkylation sites (N-methyl/N-ethyl adjacent to an activating group) is 1. The third kappa shape index (κ3) is 2.86. The molecule has 0 bridgehead atoms. The van der Waals surface area contributed by atoms with Crippen LogP contribution < -0.4 is 0 Å². The van der Waals surface area contributed by atoms with Gasteiger partial charge in [0, 0.05) is 26.5 Å². The van der Waals surface area contributed by atoms with Crippen LogP contribution in [-0.4, -0.2) is 27.4 Å². The second-order valence-corrected chi connectivity index (χ2v) is 4.62. The number of carbonyl (C=O) groups excluding carboxylic acids is 1. The highest BCUT2D eigenvalue weighted by atomic mass is 16.2. The molecule has 5 heteroatoms. The number of aryl methyl sites for hydroxylation is 1. The van der Waals surface area contributed by atoms with E-state index in [0.717, 1.165) is 5.82 Å². The molecule has 0 aliphatic carbocycles. The Labute approximate surface area is 118 Å². The standard InChI is InChI=1S/C15H16N4O/c1-18-9-8-17-14(18)11-19(2)15(20)13(10-16)12-6-4-3-5-7-12/h3-9,13H,11H2,1-2H3. The Kier molecular flexibility index (Phi) is 4.16. The summed E-state index contributed by atoms with van der Waals surface area (Å²) in [5.74, 6) is -0.214. The van der Waals surface area contributed by atoms with Gasteiger partial charge in [0.1, 0.15) is 11.7 Å². The maximum Gasteiger partial charge on any atom is 0.244 e. The minimum atomic E-state index is -0.776. The largest absolute Gasteiger partial charge is 0.337 e. The van der Waals surface area contributed by atoms with Crippen molar-refractivity contribution in [2.45, 2.75) is 12.5 Å². The van der Waals surface area contributed by atoms with Gasteiger partial charge in [-0.15, -0.1) is 0 Å². The summed E-state index contributed by atoms with van der Waals surface area (Å²) in [5.41, 5.74) is 0.715. The molecule has 1 aromatic heterocycles. The van der Waals surface area contributed by atoms with E-state index in [2.05, 4.69) is 11.1 Å². The highest BCUT2D eigenvalue weighted by molar-refractivity contribution is 5.86. The maximum atomic E-state index is 12.4. The number of hydrogen-bond donors (Lipinski definition) is 0. The molecule has 1 unspecified atom stereocenters. The molecule has 1 aromatic carbocycles. The molecular formula is C15H16N4O. The summed E-state index contributed by atoms with van der Waals surface area (Å²) in [6.45, 7) is 0.382. The minimum Gasteiger partial charge on any atom is -0.337 e. The summed E-state index contributed by atoms with van der Waals surface area (Å²) in [7, 11) is 3.56. The molecule has 1 amide bonds. The molecule has 0 saturated heterocycles. The first-order chi connectivity index (χ1) is 9.63. The normalized spacial score (nSPS) is 11.7. The van der Waals surface area contributed by atoms with Gasteiger partial charge in [0.2, 0.25) is 5.91 Å². The molecule has 0 aliphatic rings. The van der Waals surface area contributed by atoms with Gasteiger partial charge in [-0.3, -0.25) is 4.79 Å². The van der Waals surface area contributed by atoms with Crippen molar-refractivity contribution in [1.82, 2.24) is 14.5 Å². The predicted molar refractivity (Wildman–Crippen MR) is 74.5 cm³/mol. The van der Waals surface area contributed by atoms with Crippen molar-refractivity contribution in [2.75, 3.05) is 7.05 Å². The Bertz CT molecular complexity index is 627. The lowest BCUT2D eigenvalue weighted by Gasteiger charge is -2.20. The fourth-order valence-electron chi connectivity index (χ4n) is 1.98. The zero-order valence-electron chi connectivity index (χ0n) is 11.5. The van der Waals surface area contributed by atoms with Crippen molar-refractivity contribution in [3.8, 4) is 6.07 Å². The average Bonchev–Trinajstić information content (AvgIpc) is 2.86. The Morgan fingerprint density at radius 3 is 2.70 bits per heavy atom. The molecule has 0 fully saturated rings. The molecule has 0 N–H and O–H groups in total. The van der Waals surface area contributed by atoms with E-state index in [-0.39, 0.29) is 5.91 Å². The lowest BCUT2D eigenvalue weighted by Crippen LogP contribution is -2.31. The number of benzene rings is 1. The highest BCUT2D eigenvalue weighted by Gasteiger charge is 2.24. The first kappa shape index (κ1) is 13.8. The van der Waals surface area contributed by atoms with Gasteiger partial charge in [-0.25, -0.2) is 4.98 Å². The second kappa shape index (κ2) is 6.02. The summed E-state index contributed by atoms with van der Waals surface area (Å²) < 4.78 is 1.85. The van der Waals surface area contributed by atoms with Crippen LogP contribution in [0.5, 0.6) is 0 Å². The van der Waals surface area contributed by atoms with Gasteiger partial charge in [0.15, 0.2) is 0 Å². The van der Waals surface area contributed by atoms with E-state index in [0.29, 0.717) is 12.1 Å². The van der Waals surface area contributed by atoms with Gasteiger partial charge in [0.05, 0.1) is 12.6 Å². The van der Waals surface area contributed by atoms with E-state index >= 15 is 0 Å². The quantitative estimate of drug-likeness (QED) is 0.847. The number of nitrogens with zero attached hydrogens (tertiary/aromatic N) is 4. The van der Waals surface area contributed by atoms with E-state index in [1.165, 1.54) is 4.90 Å². The molecule has 1 heterocycles. The smallest absolute Gasteiger partial charge is 0.244 e. The topological polar surface area (TPSA) is 61.9 Å². The number of hydrogen-bond acceptors (Lipinski definition) is 3. The Morgan fingerprint density at radius 2 is 2.15 bits per heavy atom. The molecule has 0 spiro atoms. The minimum absolute atomic E-state index is 0.221. The number of rotatable bonds is 4. The fourth-order valence-corrected chi connectivity index (χ4v) is 1.98. The molecule has 20 heavy (non-hydrogen) atoms. The first-order valence-electron chi connectivity index (χ1n) is 6.29. The third-order valence-corrected chi connectivity index (χ3v) is 3.18. The molecule has 5 nitrogen and oxygen atoms in total. The van der Waals surface area contributed by atoms with Crippen LogP contribution in [0.4, 0.5) is 0 Å². The van der Waals surface area contributed by atoms with E-state index in [1.807, 2.05) is 36.0 Å². The highest BCUT2D eigenvalue weighted by Crippen LogP contribution is 2.17. The van der Waals surface area contributed by atoms with Gasteiger partial charge in [0.25, 0.3) is 0 Å². The van der Waals surface area contributed by atoms with Gasteiger partial charge >= 0.3 is 0 Å². The van der Waals surface area contributed by atoms with Crippen LogP contribution in [0, 0.1) is 11.3 Å². The number of imidazole rings is 1. The van der Waals surface area contributed by atoms with Crippen molar-refractivity contribution in [3.63, 3.8) is 0 Å². The van der Waals surface area contributed by atoms with E-state index in [4.69, 9.17) is 0 Å². The molecule has 102 valence electrons. The van der Waals surface area contributed by atoms with Crippen LogP contribution >= 0.6 is 0 Å². The summed E-state index contributed by atoms with van der Waals surface area (Å²) in [6.07, 6.45) is 3.51. The van der Waals surface area contributed by atoms with Crippen molar-refractivity contribution < 1.29 is 4.79 Å². The monoisotopic (exact) mass is 268 g/mol. The summed E-state index contributed by atoms with van der Waals surface area (Å²) in [5, 5.41) is 9.26. The summed E-state index contributed by atoms with van der Waals surface area (Å²) in [6, 6.07) is 11.2. The molecule has 2 aromatic rings. The zero-order chi connectivity index (χ0) is 14.5. The van der Waals surface area contributed by atoms with Crippen molar-refractivity contribution >= 4 is 5.91 Å². The van der Waals surface area contributed by atoms with Crippen molar-refractivity contribution in [2.24, 2.45) is 7.05 Å². The third-order valence-electron chi connectivity index (χ3n) is 3.18. The molecule has 0 saturated carbocycles. The Balaban J connectivity index is 2.13. The summed E-state index contributed by atoms with van der Waals surface area (Å²) >= 11 is 0. The van der Waals surface area contributed by atoms with Crippen LogP contribution in [0.1, 0.15) is 17.3 Å². The van der Waals surface area contributed by atoms with Gasteiger partial charge < -0.3 is 9.47 Å². The van der Waals surface area contributed by atoms with Crippen molar-refractivity contribution in [3.05, 3.63) is 54.1 Å². The van der Waals surface area contributed by atoms with E-state index < -0.39 is 5.92 Å². The van der Waals surface area contributed by atoms with E-state index in [1.54, 1.807) is 25.4 Å². The fraction of sp³-hybridized carbons (Fsp3) is 0.267. The van der Waals surface area contributed by atoms with Crippen LogP contribution in [-0.2, 0) is 18.4 Å². The zero-order valence-corrected chi connectivity index (χ0v) is 11.5. The van der Waals surface area contributed by atoms with E-state index in [9.17, 15) is 10.1 Å². The Hall–Kier alpha value is -2.61. The van der Waals surface area contributed by atoms with Crippen LogP contribution in [0.15, 0.2) is 42.7 Å². The molecule has 1 atom stereocenters. The molecular weight excluding hydrogens is 252 g/mol. The van der Waals surface area contributed by atoms with Crippen molar-refractivity contribution in [1.29, 1.82) is 5.26 Å². The molecule has 2 rings (SSSR count). The predicted octanol–water partition coefficient (Wildman–Crippen LogP) is 1.69. The lowest BCUT2D eigenvalue weighted by atomic mass is 9.99. The van der Waals surface area contributed by atoms with Crippen LogP contribution in [0.3, 0.4) is 0 Å². The maximum absolute atomic E-state index is 12.4. The van der Waals surface area contributed by atoms with Gasteiger partial charge in [-0.05, 0) is 5.56 Å². The average molecular weight is 268 g/mol. The number of carbonyl (C=O) groups is 1. The Morgan fingerprint density at radius 1 is 1.45 bits per heavy atom.